The molecule has 4 heteroatoms. The first-order valence-corrected chi connectivity index (χ1v) is 7.97. The quantitative estimate of drug-likeness (QED) is 0.688. The van der Waals surface area contributed by atoms with E-state index < -0.39 is 0 Å². The maximum atomic E-state index is 12.1. The summed E-state index contributed by atoms with van der Waals surface area (Å²) in [4.78, 5) is 13.0. The lowest BCUT2D eigenvalue weighted by molar-refractivity contribution is 0.0956. The summed E-state index contributed by atoms with van der Waals surface area (Å²) in [6, 6.07) is 14.9. The maximum Gasteiger partial charge on any atom is 0.253 e. The molecule has 106 valence electrons. The summed E-state index contributed by atoms with van der Waals surface area (Å²) in [6.07, 6.45) is 1.95. The molecule has 0 fully saturated rings. The van der Waals surface area contributed by atoms with Crippen molar-refractivity contribution in [1.82, 2.24) is 5.32 Å². The number of amides is 1. The second kappa shape index (κ2) is 7.78. The molecule has 0 saturated carbocycles. The molecule has 0 bridgehead atoms. The summed E-state index contributed by atoms with van der Waals surface area (Å²) >= 11 is 7.56. The lowest BCUT2D eigenvalue weighted by atomic mass is 10.2. The molecule has 0 saturated heterocycles. The number of hydrogen-bond donors (Lipinski definition) is 1. The van der Waals surface area contributed by atoms with Crippen LogP contribution in [0.3, 0.4) is 0 Å². The molecular formula is C17H14ClNOS. The van der Waals surface area contributed by atoms with Crippen LogP contribution in [0.2, 0.25) is 5.02 Å². The number of thioether (sulfide) groups is 1. The largest absolute Gasteiger partial charge is 0.341 e. The molecule has 1 amide bonds. The van der Waals surface area contributed by atoms with E-state index in [2.05, 4.69) is 17.2 Å². The summed E-state index contributed by atoms with van der Waals surface area (Å²) in [7, 11) is 0. The van der Waals surface area contributed by atoms with E-state index in [1.54, 1.807) is 17.8 Å². The first-order chi connectivity index (χ1) is 10.2. The summed E-state index contributed by atoms with van der Waals surface area (Å²) < 4.78 is 0. The van der Waals surface area contributed by atoms with Crippen LogP contribution < -0.4 is 5.32 Å². The van der Waals surface area contributed by atoms with Gasteiger partial charge in [-0.2, -0.15) is 0 Å². The molecule has 0 aliphatic heterocycles. The average Bonchev–Trinajstić information content (AvgIpc) is 2.52. The Kier molecular flexibility index (Phi) is 5.74. The van der Waals surface area contributed by atoms with Gasteiger partial charge in [0, 0.05) is 10.5 Å². The monoisotopic (exact) mass is 315 g/mol. The van der Waals surface area contributed by atoms with Crippen LogP contribution in [0.1, 0.15) is 15.9 Å². The highest BCUT2D eigenvalue weighted by Gasteiger charge is 2.08. The van der Waals surface area contributed by atoms with Gasteiger partial charge in [-0.25, -0.2) is 0 Å². The van der Waals surface area contributed by atoms with Gasteiger partial charge in [-0.15, -0.1) is 11.8 Å². The SMILES string of the molecule is CSc1ccccc1C(=O)NCC#Cc1ccccc1Cl. The molecule has 0 aromatic heterocycles. The van der Waals surface area contributed by atoms with Crippen molar-refractivity contribution in [2.24, 2.45) is 0 Å². The van der Waals surface area contributed by atoms with Gasteiger partial charge >= 0.3 is 0 Å². The normalized spacial score (nSPS) is 9.62. The van der Waals surface area contributed by atoms with Crippen LogP contribution in [0.25, 0.3) is 0 Å². The Bertz CT molecular complexity index is 703. The van der Waals surface area contributed by atoms with Crippen molar-refractivity contribution in [3.05, 3.63) is 64.7 Å². The van der Waals surface area contributed by atoms with Crippen LogP contribution in [0.5, 0.6) is 0 Å². The van der Waals surface area contributed by atoms with E-state index in [4.69, 9.17) is 11.6 Å². The minimum Gasteiger partial charge on any atom is -0.341 e. The van der Waals surface area contributed by atoms with Crippen LogP contribution in [0.4, 0.5) is 0 Å². The van der Waals surface area contributed by atoms with Gasteiger partial charge in [-0.05, 0) is 30.5 Å². The van der Waals surface area contributed by atoms with E-state index in [0.29, 0.717) is 10.6 Å². The lowest BCUT2D eigenvalue weighted by Crippen LogP contribution is -2.24. The molecule has 2 rings (SSSR count). The number of halogens is 1. The molecule has 2 aromatic carbocycles. The summed E-state index contributed by atoms with van der Waals surface area (Å²) in [6.45, 7) is 0.284. The van der Waals surface area contributed by atoms with Crippen molar-refractivity contribution < 1.29 is 4.79 Å². The topological polar surface area (TPSA) is 29.1 Å². The van der Waals surface area contributed by atoms with Gasteiger partial charge in [-0.1, -0.05) is 47.7 Å². The zero-order valence-electron chi connectivity index (χ0n) is 11.5. The van der Waals surface area contributed by atoms with E-state index in [0.717, 1.165) is 10.5 Å². The third-order valence-electron chi connectivity index (χ3n) is 2.79. The third kappa shape index (κ3) is 4.29. The molecule has 21 heavy (non-hydrogen) atoms. The van der Waals surface area contributed by atoms with Crippen molar-refractivity contribution in [2.45, 2.75) is 4.90 Å². The molecule has 0 radical (unpaired) electrons. The fourth-order valence-electron chi connectivity index (χ4n) is 1.75. The standard InChI is InChI=1S/C17H14ClNOS/c1-21-16-11-5-3-9-14(16)17(20)19-12-6-8-13-7-2-4-10-15(13)18/h2-5,7,9-11H,12H2,1H3,(H,19,20). The molecule has 0 aliphatic carbocycles. The van der Waals surface area contributed by atoms with E-state index in [9.17, 15) is 4.79 Å². The molecular weight excluding hydrogens is 302 g/mol. The van der Waals surface area contributed by atoms with Crippen molar-refractivity contribution in [3.8, 4) is 11.8 Å². The van der Waals surface area contributed by atoms with Gasteiger partial charge in [0.2, 0.25) is 0 Å². The molecule has 0 unspecified atom stereocenters. The van der Waals surface area contributed by atoms with Crippen LogP contribution in [-0.4, -0.2) is 18.7 Å². The molecule has 0 heterocycles. The van der Waals surface area contributed by atoms with Crippen LogP contribution in [-0.2, 0) is 0 Å². The highest BCUT2D eigenvalue weighted by Crippen LogP contribution is 2.19. The summed E-state index contributed by atoms with van der Waals surface area (Å²) in [5, 5.41) is 3.41. The minimum absolute atomic E-state index is 0.117. The fourth-order valence-corrected chi connectivity index (χ4v) is 2.53. The van der Waals surface area contributed by atoms with Gasteiger partial charge in [0.15, 0.2) is 0 Å². The van der Waals surface area contributed by atoms with E-state index >= 15 is 0 Å². The number of carbonyl (C=O) groups is 1. The van der Waals surface area contributed by atoms with Crippen LogP contribution in [0, 0.1) is 11.8 Å². The van der Waals surface area contributed by atoms with Crippen LogP contribution in [0.15, 0.2) is 53.4 Å². The highest BCUT2D eigenvalue weighted by atomic mass is 35.5. The Morgan fingerprint density at radius 3 is 2.67 bits per heavy atom. The van der Waals surface area contributed by atoms with Gasteiger partial charge < -0.3 is 5.32 Å². The van der Waals surface area contributed by atoms with Gasteiger partial charge in [0.25, 0.3) is 5.91 Å². The van der Waals surface area contributed by atoms with Crippen molar-refractivity contribution in [2.75, 3.05) is 12.8 Å². The number of benzene rings is 2. The zero-order valence-corrected chi connectivity index (χ0v) is 13.1. The predicted octanol–water partition coefficient (Wildman–Crippen LogP) is 3.84. The van der Waals surface area contributed by atoms with Gasteiger partial charge in [0.1, 0.15) is 0 Å². The second-order valence-electron chi connectivity index (χ2n) is 4.16. The summed E-state index contributed by atoms with van der Waals surface area (Å²) in [5.41, 5.74) is 1.43. The number of nitrogens with one attached hydrogen (secondary N) is 1. The Morgan fingerprint density at radius 2 is 1.90 bits per heavy atom. The zero-order chi connectivity index (χ0) is 15.1. The molecule has 0 spiro atoms. The van der Waals surface area contributed by atoms with E-state index in [-0.39, 0.29) is 12.5 Å². The van der Waals surface area contributed by atoms with E-state index in [1.807, 2.05) is 48.7 Å². The van der Waals surface area contributed by atoms with Crippen molar-refractivity contribution in [3.63, 3.8) is 0 Å². The fraction of sp³-hybridized carbons (Fsp3) is 0.118. The first-order valence-electron chi connectivity index (χ1n) is 6.37. The van der Waals surface area contributed by atoms with Gasteiger partial charge in [-0.3, -0.25) is 4.79 Å². The van der Waals surface area contributed by atoms with Gasteiger partial charge in [0.05, 0.1) is 17.1 Å². The van der Waals surface area contributed by atoms with Crippen molar-refractivity contribution in [1.29, 1.82) is 0 Å². The molecule has 0 atom stereocenters. The number of hydrogen-bond acceptors (Lipinski definition) is 2. The molecule has 0 aliphatic rings. The smallest absolute Gasteiger partial charge is 0.253 e. The Morgan fingerprint density at radius 1 is 1.19 bits per heavy atom. The van der Waals surface area contributed by atoms with E-state index in [1.165, 1.54) is 0 Å². The predicted molar refractivity (Wildman–Crippen MR) is 88.9 cm³/mol. The van der Waals surface area contributed by atoms with Crippen LogP contribution >= 0.6 is 23.4 Å². The average molecular weight is 316 g/mol. The molecule has 2 nitrogen and oxygen atoms in total. The minimum atomic E-state index is -0.117. The first kappa shape index (κ1) is 15.5. The Labute approximate surface area is 133 Å². The maximum absolute atomic E-state index is 12.1. The number of rotatable bonds is 3. The second-order valence-corrected chi connectivity index (χ2v) is 5.42. The highest BCUT2D eigenvalue weighted by molar-refractivity contribution is 7.98. The third-order valence-corrected chi connectivity index (χ3v) is 3.91. The molecule has 1 N–H and O–H groups in total. The lowest BCUT2D eigenvalue weighted by Gasteiger charge is -2.05. The molecule has 2 aromatic rings. The number of carbonyl (C=O) groups excluding carboxylic acids is 1. The Balaban J connectivity index is 1.98. The van der Waals surface area contributed by atoms with Crippen molar-refractivity contribution >= 4 is 29.3 Å². The Hall–Kier alpha value is -1.89. The summed E-state index contributed by atoms with van der Waals surface area (Å²) in [5.74, 6) is 5.74.